The molecule has 4 rings (SSSR count). The van der Waals surface area contributed by atoms with Crippen LogP contribution in [0.1, 0.15) is 54.2 Å². The fourth-order valence-electron chi connectivity index (χ4n) is 3.95. The number of fused-ring (bicyclic) bond motifs is 1. The third kappa shape index (κ3) is 4.01. The predicted molar refractivity (Wildman–Crippen MR) is 100 cm³/mol. The Hall–Kier alpha value is -1.94. The molecule has 0 atom stereocenters. The van der Waals surface area contributed by atoms with E-state index in [9.17, 15) is 0 Å². The van der Waals surface area contributed by atoms with E-state index in [2.05, 4.69) is 35.6 Å². The number of anilines is 1. The maximum Gasteiger partial charge on any atom is 0.134 e. The highest BCUT2D eigenvalue weighted by Crippen LogP contribution is 2.34. The Morgan fingerprint density at radius 3 is 2.64 bits per heavy atom. The molecular weight excluding hydrogens is 310 g/mol. The molecule has 2 aliphatic rings. The quantitative estimate of drug-likeness (QED) is 0.899. The van der Waals surface area contributed by atoms with Gasteiger partial charge in [-0.2, -0.15) is 0 Å². The lowest BCUT2D eigenvalue weighted by Gasteiger charge is -2.17. The Morgan fingerprint density at radius 2 is 1.80 bits per heavy atom. The van der Waals surface area contributed by atoms with Gasteiger partial charge in [-0.1, -0.05) is 43.2 Å². The molecule has 0 unspecified atom stereocenters. The first-order valence-electron chi connectivity index (χ1n) is 9.65. The number of hydrogen-bond acceptors (Lipinski definition) is 4. The van der Waals surface area contributed by atoms with E-state index in [4.69, 9.17) is 14.7 Å². The fraction of sp³-hybridized carbons (Fsp3) is 0.524. The number of rotatable bonds is 5. The zero-order valence-corrected chi connectivity index (χ0v) is 14.8. The molecule has 132 valence electrons. The SMILES string of the molecule is c1ccc(CCNc2nc(C3CCCC3)nc3c2CCOCC3)cc1. The average molecular weight is 337 g/mol. The second-order valence-corrected chi connectivity index (χ2v) is 7.11. The Labute approximate surface area is 150 Å². The van der Waals surface area contributed by atoms with Gasteiger partial charge in [0.15, 0.2) is 0 Å². The van der Waals surface area contributed by atoms with Crippen LogP contribution >= 0.6 is 0 Å². The number of nitrogens with one attached hydrogen (secondary N) is 1. The number of hydrogen-bond donors (Lipinski definition) is 1. The standard InChI is InChI=1S/C21H27N3O/c1-2-6-16(7-3-1)10-13-22-21-18-11-14-25-15-12-19(18)23-20(24-21)17-8-4-5-9-17/h1-3,6-7,17H,4-5,8-15H2,(H,22,23,24). The lowest BCUT2D eigenvalue weighted by Crippen LogP contribution is -2.15. The lowest BCUT2D eigenvalue weighted by atomic mass is 10.0. The van der Waals surface area contributed by atoms with Gasteiger partial charge in [-0.25, -0.2) is 9.97 Å². The molecule has 1 aromatic heterocycles. The summed E-state index contributed by atoms with van der Waals surface area (Å²) in [4.78, 5) is 9.91. The highest BCUT2D eigenvalue weighted by molar-refractivity contribution is 5.48. The van der Waals surface area contributed by atoms with Crippen LogP contribution in [0.4, 0.5) is 5.82 Å². The molecule has 1 aliphatic heterocycles. The van der Waals surface area contributed by atoms with Crippen LogP contribution in [0.2, 0.25) is 0 Å². The summed E-state index contributed by atoms with van der Waals surface area (Å²) in [6.45, 7) is 2.45. The van der Waals surface area contributed by atoms with Crippen LogP contribution in [0.3, 0.4) is 0 Å². The second kappa shape index (κ2) is 7.96. The Kier molecular flexibility index (Phi) is 5.26. The maximum atomic E-state index is 5.68. The molecule has 4 heteroatoms. The van der Waals surface area contributed by atoms with Crippen molar-refractivity contribution in [1.29, 1.82) is 0 Å². The van der Waals surface area contributed by atoms with Crippen LogP contribution in [0.25, 0.3) is 0 Å². The number of nitrogens with zero attached hydrogens (tertiary/aromatic N) is 2. The minimum Gasteiger partial charge on any atom is -0.381 e. The summed E-state index contributed by atoms with van der Waals surface area (Å²) in [5.74, 6) is 2.65. The van der Waals surface area contributed by atoms with Gasteiger partial charge in [-0.15, -0.1) is 0 Å². The van der Waals surface area contributed by atoms with Gasteiger partial charge in [0, 0.05) is 30.9 Å². The molecule has 0 saturated heterocycles. The molecule has 2 aromatic rings. The molecule has 1 saturated carbocycles. The van der Waals surface area contributed by atoms with Crippen LogP contribution < -0.4 is 5.32 Å². The average Bonchev–Trinajstić information content (AvgIpc) is 3.08. The first kappa shape index (κ1) is 16.5. The van der Waals surface area contributed by atoms with E-state index < -0.39 is 0 Å². The van der Waals surface area contributed by atoms with Crippen LogP contribution in [0.15, 0.2) is 30.3 Å². The smallest absolute Gasteiger partial charge is 0.134 e. The molecule has 0 amide bonds. The summed E-state index contributed by atoms with van der Waals surface area (Å²) in [5.41, 5.74) is 3.83. The summed E-state index contributed by atoms with van der Waals surface area (Å²) in [6.07, 6.45) is 7.92. The zero-order chi connectivity index (χ0) is 16.9. The second-order valence-electron chi connectivity index (χ2n) is 7.11. The minimum atomic E-state index is 0.546. The summed E-state index contributed by atoms with van der Waals surface area (Å²) in [5, 5.41) is 3.61. The molecule has 0 bridgehead atoms. The fourth-order valence-corrected chi connectivity index (χ4v) is 3.95. The molecule has 1 N–H and O–H groups in total. The summed E-state index contributed by atoms with van der Waals surface area (Å²) in [6, 6.07) is 10.6. The van der Waals surface area contributed by atoms with E-state index in [-0.39, 0.29) is 0 Å². The van der Waals surface area contributed by atoms with Crippen LogP contribution in [-0.4, -0.2) is 29.7 Å². The molecule has 2 heterocycles. The van der Waals surface area contributed by atoms with Gasteiger partial charge in [0.1, 0.15) is 11.6 Å². The normalized spacial score (nSPS) is 17.9. The van der Waals surface area contributed by atoms with E-state index in [1.165, 1.54) is 42.5 Å². The van der Waals surface area contributed by atoms with Crippen molar-refractivity contribution in [1.82, 2.24) is 9.97 Å². The summed E-state index contributed by atoms with van der Waals surface area (Å²) >= 11 is 0. The van der Waals surface area contributed by atoms with Gasteiger partial charge < -0.3 is 10.1 Å². The van der Waals surface area contributed by atoms with Crippen molar-refractivity contribution in [3.63, 3.8) is 0 Å². The zero-order valence-electron chi connectivity index (χ0n) is 14.8. The molecule has 0 radical (unpaired) electrons. The molecule has 25 heavy (non-hydrogen) atoms. The molecule has 0 spiro atoms. The maximum absolute atomic E-state index is 5.68. The number of benzene rings is 1. The van der Waals surface area contributed by atoms with Gasteiger partial charge in [-0.05, 0) is 24.8 Å². The van der Waals surface area contributed by atoms with Crippen molar-refractivity contribution in [2.24, 2.45) is 0 Å². The van der Waals surface area contributed by atoms with Crippen LogP contribution in [0.5, 0.6) is 0 Å². The molecule has 4 nitrogen and oxygen atoms in total. The Morgan fingerprint density at radius 1 is 1.00 bits per heavy atom. The highest BCUT2D eigenvalue weighted by atomic mass is 16.5. The Bertz CT molecular complexity index is 696. The predicted octanol–water partition coefficient (Wildman–Crippen LogP) is 3.90. The van der Waals surface area contributed by atoms with Crippen molar-refractivity contribution in [2.75, 3.05) is 25.1 Å². The lowest BCUT2D eigenvalue weighted by molar-refractivity contribution is 0.146. The first-order chi connectivity index (χ1) is 12.4. The molecular formula is C21H27N3O. The van der Waals surface area contributed by atoms with Crippen molar-refractivity contribution in [3.05, 3.63) is 53.0 Å². The topological polar surface area (TPSA) is 47.0 Å². The van der Waals surface area contributed by atoms with E-state index in [1.807, 2.05) is 0 Å². The monoisotopic (exact) mass is 337 g/mol. The molecule has 1 aliphatic carbocycles. The number of aromatic nitrogens is 2. The van der Waals surface area contributed by atoms with Gasteiger partial charge in [0.25, 0.3) is 0 Å². The summed E-state index contributed by atoms with van der Waals surface area (Å²) in [7, 11) is 0. The minimum absolute atomic E-state index is 0.546. The summed E-state index contributed by atoms with van der Waals surface area (Å²) < 4.78 is 5.68. The van der Waals surface area contributed by atoms with E-state index >= 15 is 0 Å². The van der Waals surface area contributed by atoms with Crippen molar-refractivity contribution in [2.45, 2.75) is 50.9 Å². The molecule has 1 aromatic carbocycles. The van der Waals surface area contributed by atoms with E-state index in [1.54, 1.807) is 0 Å². The first-order valence-corrected chi connectivity index (χ1v) is 9.65. The van der Waals surface area contributed by atoms with Crippen molar-refractivity contribution < 1.29 is 4.74 Å². The van der Waals surface area contributed by atoms with Crippen LogP contribution in [0, 0.1) is 0 Å². The van der Waals surface area contributed by atoms with Gasteiger partial charge in [0.05, 0.1) is 18.9 Å². The van der Waals surface area contributed by atoms with E-state index in [0.717, 1.165) is 50.7 Å². The largest absolute Gasteiger partial charge is 0.381 e. The third-order valence-corrected chi connectivity index (χ3v) is 5.36. The van der Waals surface area contributed by atoms with Gasteiger partial charge in [-0.3, -0.25) is 0 Å². The van der Waals surface area contributed by atoms with Crippen LogP contribution in [-0.2, 0) is 24.0 Å². The van der Waals surface area contributed by atoms with Gasteiger partial charge in [0.2, 0.25) is 0 Å². The molecule has 1 fully saturated rings. The van der Waals surface area contributed by atoms with Crippen molar-refractivity contribution >= 4 is 5.82 Å². The third-order valence-electron chi connectivity index (χ3n) is 5.36. The number of ether oxygens (including phenoxy) is 1. The highest BCUT2D eigenvalue weighted by Gasteiger charge is 2.24. The van der Waals surface area contributed by atoms with E-state index in [0.29, 0.717) is 5.92 Å². The van der Waals surface area contributed by atoms with Crippen molar-refractivity contribution in [3.8, 4) is 0 Å². The Balaban J connectivity index is 1.54. The van der Waals surface area contributed by atoms with Gasteiger partial charge >= 0.3 is 0 Å².